The lowest BCUT2D eigenvalue weighted by atomic mass is 10.1. The molecule has 8 heteroatoms. The highest BCUT2D eigenvalue weighted by Gasteiger charge is 2.21. The van der Waals surface area contributed by atoms with Crippen LogP contribution in [0, 0.1) is 0 Å². The van der Waals surface area contributed by atoms with Gasteiger partial charge in [0.25, 0.3) is 0 Å². The predicted molar refractivity (Wildman–Crippen MR) is 140 cm³/mol. The van der Waals surface area contributed by atoms with Gasteiger partial charge >= 0.3 is 5.97 Å². The number of benzene rings is 2. The summed E-state index contributed by atoms with van der Waals surface area (Å²) in [7, 11) is 0. The molecular formula is C27H35ClN4O3. The molecule has 2 aromatic rings. The van der Waals surface area contributed by atoms with Crippen molar-refractivity contribution in [1.29, 1.82) is 0 Å². The fourth-order valence-corrected chi connectivity index (χ4v) is 4.05. The number of anilines is 1. The van der Waals surface area contributed by atoms with Gasteiger partial charge in [0.1, 0.15) is 5.69 Å². The molecule has 0 unspecified atom stereocenters. The Hall–Kier alpha value is -2.93. The number of unbranched alkanes of at least 4 members (excludes halogenated alkanes) is 3. The van der Waals surface area contributed by atoms with Crippen LogP contribution in [0.3, 0.4) is 0 Å². The Balaban J connectivity index is 1.53. The first-order valence-corrected chi connectivity index (χ1v) is 12.9. The molecule has 2 aromatic carbocycles. The molecule has 0 aromatic heterocycles. The van der Waals surface area contributed by atoms with Crippen LogP contribution < -0.4 is 4.90 Å². The molecule has 0 aliphatic carbocycles. The van der Waals surface area contributed by atoms with E-state index in [1.54, 1.807) is 24.3 Å². The molecule has 1 aliphatic heterocycles. The van der Waals surface area contributed by atoms with Gasteiger partial charge in [-0.1, -0.05) is 44.7 Å². The Bertz CT molecular complexity index is 1000. The lowest BCUT2D eigenvalue weighted by Crippen LogP contribution is -2.48. The molecule has 3 rings (SSSR count). The van der Waals surface area contributed by atoms with Gasteiger partial charge in [0.05, 0.1) is 22.9 Å². The number of azo groups is 1. The largest absolute Gasteiger partial charge is 0.462 e. The maximum Gasteiger partial charge on any atom is 0.338 e. The first-order valence-electron chi connectivity index (χ1n) is 12.5. The number of ether oxygens (including phenoxy) is 1. The molecule has 0 bridgehead atoms. The topological polar surface area (TPSA) is 74.6 Å². The van der Waals surface area contributed by atoms with E-state index in [0.717, 1.165) is 64.0 Å². The van der Waals surface area contributed by atoms with Crippen LogP contribution in [0.5, 0.6) is 0 Å². The first kappa shape index (κ1) is 26.7. The second-order valence-corrected chi connectivity index (χ2v) is 9.10. The van der Waals surface area contributed by atoms with Crippen LogP contribution in [-0.2, 0) is 9.53 Å². The van der Waals surface area contributed by atoms with Crippen molar-refractivity contribution in [1.82, 2.24) is 4.90 Å². The van der Waals surface area contributed by atoms with Crippen LogP contribution in [0.15, 0.2) is 52.7 Å². The number of carbonyl (C=O) groups excluding carboxylic acids is 2. The molecule has 0 saturated carbocycles. The van der Waals surface area contributed by atoms with Crippen molar-refractivity contribution in [3.8, 4) is 0 Å². The van der Waals surface area contributed by atoms with E-state index in [0.29, 0.717) is 35.0 Å². The molecule has 0 atom stereocenters. The molecule has 0 radical (unpaired) electrons. The van der Waals surface area contributed by atoms with Crippen molar-refractivity contribution in [2.45, 2.75) is 52.4 Å². The lowest BCUT2D eigenvalue weighted by molar-refractivity contribution is -0.131. The molecule has 7 nitrogen and oxygen atoms in total. The second-order valence-electron chi connectivity index (χ2n) is 8.70. The maximum absolute atomic E-state index is 12.3. The minimum Gasteiger partial charge on any atom is -0.462 e. The van der Waals surface area contributed by atoms with Gasteiger partial charge < -0.3 is 14.5 Å². The van der Waals surface area contributed by atoms with Crippen molar-refractivity contribution < 1.29 is 14.3 Å². The van der Waals surface area contributed by atoms with E-state index in [1.807, 2.05) is 30.0 Å². The highest BCUT2D eigenvalue weighted by atomic mass is 35.5. The summed E-state index contributed by atoms with van der Waals surface area (Å²) in [6, 6.07) is 12.5. The first-order chi connectivity index (χ1) is 17.0. The average Bonchev–Trinajstić information content (AvgIpc) is 2.88. The predicted octanol–water partition coefficient (Wildman–Crippen LogP) is 6.94. The standard InChI is InChI=1S/C27H35ClN4O3/c1-3-5-7-8-26(33)32-17-15-31(16-18-32)23-13-14-25(24(28)20-23)30-29-22-11-9-21(10-12-22)27(34)35-19-6-4-2/h9-14,20H,3-8,15-19H2,1-2H3. The second kappa shape index (κ2) is 13.8. The van der Waals surface area contributed by atoms with Crippen LogP contribution in [0.25, 0.3) is 0 Å². The van der Waals surface area contributed by atoms with Crippen molar-refractivity contribution in [3.05, 3.63) is 53.1 Å². The number of hydrogen-bond donors (Lipinski definition) is 0. The molecule has 188 valence electrons. The molecular weight excluding hydrogens is 464 g/mol. The minimum atomic E-state index is -0.331. The Morgan fingerprint density at radius 2 is 1.63 bits per heavy atom. The quantitative estimate of drug-likeness (QED) is 0.191. The van der Waals surface area contributed by atoms with Crippen molar-refractivity contribution >= 4 is 40.5 Å². The summed E-state index contributed by atoms with van der Waals surface area (Å²) in [6.07, 6.45) is 5.67. The number of nitrogens with zero attached hydrogens (tertiary/aromatic N) is 4. The monoisotopic (exact) mass is 498 g/mol. The Morgan fingerprint density at radius 1 is 0.914 bits per heavy atom. The molecule has 1 heterocycles. The highest BCUT2D eigenvalue weighted by Crippen LogP contribution is 2.31. The zero-order valence-corrected chi connectivity index (χ0v) is 21.5. The van der Waals surface area contributed by atoms with Crippen LogP contribution in [0.2, 0.25) is 5.02 Å². The van der Waals surface area contributed by atoms with Crippen molar-refractivity contribution in [2.75, 3.05) is 37.7 Å². The van der Waals surface area contributed by atoms with Crippen LogP contribution in [0.1, 0.15) is 62.7 Å². The van der Waals surface area contributed by atoms with Crippen LogP contribution >= 0.6 is 11.6 Å². The Kier molecular flexibility index (Phi) is 10.5. The number of carbonyl (C=O) groups is 2. The van der Waals surface area contributed by atoms with E-state index in [9.17, 15) is 9.59 Å². The third kappa shape index (κ3) is 8.06. The third-order valence-corrected chi connectivity index (χ3v) is 6.33. The SMILES string of the molecule is CCCCCC(=O)N1CCN(c2ccc(N=Nc3ccc(C(=O)OCCCC)cc3)c(Cl)c2)CC1. The van der Waals surface area contributed by atoms with Crippen LogP contribution in [-0.4, -0.2) is 49.6 Å². The number of esters is 1. The van der Waals surface area contributed by atoms with E-state index in [1.165, 1.54) is 0 Å². The van der Waals surface area contributed by atoms with E-state index in [4.69, 9.17) is 16.3 Å². The molecule has 0 N–H and O–H groups in total. The Labute approximate surface area is 213 Å². The number of amides is 1. The number of hydrogen-bond acceptors (Lipinski definition) is 6. The minimum absolute atomic E-state index is 0.258. The smallest absolute Gasteiger partial charge is 0.338 e. The summed E-state index contributed by atoms with van der Waals surface area (Å²) >= 11 is 6.49. The number of rotatable bonds is 11. The summed E-state index contributed by atoms with van der Waals surface area (Å²) < 4.78 is 5.22. The summed E-state index contributed by atoms with van der Waals surface area (Å²) in [5.41, 5.74) is 2.70. The normalized spacial score (nSPS) is 13.9. The van der Waals surface area contributed by atoms with E-state index in [-0.39, 0.29) is 11.9 Å². The summed E-state index contributed by atoms with van der Waals surface area (Å²) in [4.78, 5) is 28.6. The van der Waals surface area contributed by atoms with Gasteiger partial charge in [-0.05, 0) is 55.3 Å². The third-order valence-electron chi connectivity index (χ3n) is 6.03. The molecule has 35 heavy (non-hydrogen) atoms. The van der Waals surface area contributed by atoms with E-state index < -0.39 is 0 Å². The zero-order chi connectivity index (χ0) is 25.0. The van der Waals surface area contributed by atoms with Gasteiger partial charge in [0.2, 0.25) is 5.91 Å². The van der Waals surface area contributed by atoms with Crippen molar-refractivity contribution in [3.63, 3.8) is 0 Å². The summed E-state index contributed by atoms with van der Waals surface area (Å²) in [6.45, 7) is 7.64. The van der Waals surface area contributed by atoms with Gasteiger partial charge in [0.15, 0.2) is 0 Å². The Morgan fingerprint density at radius 3 is 2.29 bits per heavy atom. The summed E-state index contributed by atoms with van der Waals surface area (Å²) in [5.74, 6) is -0.0735. The molecule has 1 aliphatic rings. The lowest BCUT2D eigenvalue weighted by Gasteiger charge is -2.36. The van der Waals surface area contributed by atoms with Gasteiger partial charge in [-0.25, -0.2) is 4.79 Å². The number of halogens is 1. The van der Waals surface area contributed by atoms with Gasteiger partial charge in [-0.3, -0.25) is 4.79 Å². The van der Waals surface area contributed by atoms with Crippen molar-refractivity contribution in [2.24, 2.45) is 10.2 Å². The van der Waals surface area contributed by atoms with Gasteiger partial charge in [-0.2, -0.15) is 5.11 Å². The van der Waals surface area contributed by atoms with Crippen LogP contribution in [0.4, 0.5) is 17.1 Å². The van der Waals surface area contributed by atoms with Gasteiger partial charge in [0, 0.05) is 38.3 Å². The molecule has 1 fully saturated rings. The number of piperazine rings is 1. The molecule has 1 saturated heterocycles. The average molecular weight is 499 g/mol. The fraction of sp³-hybridized carbons (Fsp3) is 0.481. The van der Waals surface area contributed by atoms with E-state index >= 15 is 0 Å². The molecule has 0 spiro atoms. The highest BCUT2D eigenvalue weighted by molar-refractivity contribution is 6.33. The summed E-state index contributed by atoms with van der Waals surface area (Å²) in [5, 5.41) is 9.03. The fourth-order valence-electron chi connectivity index (χ4n) is 3.84. The molecule has 1 amide bonds. The maximum atomic E-state index is 12.3. The zero-order valence-electron chi connectivity index (χ0n) is 20.7. The van der Waals surface area contributed by atoms with E-state index in [2.05, 4.69) is 22.1 Å². The van der Waals surface area contributed by atoms with Gasteiger partial charge in [-0.15, -0.1) is 5.11 Å².